The average molecular weight is 220 g/mol. The molecule has 2 heteroatoms. The van der Waals surface area contributed by atoms with Crippen molar-refractivity contribution in [2.24, 2.45) is 0 Å². The lowest BCUT2D eigenvalue weighted by atomic mass is 10.2. The van der Waals surface area contributed by atoms with Crippen LogP contribution in [-0.4, -0.2) is 18.1 Å². The van der Waals surface area contributed by atoms with Gasteiger partial charge in [-0.25, -0.2) is 0 Å². The normalized spacial score (nSPS) is 28.2. The third-order valence-corrected chi connectivity index (χ3v) is 6.02. The van der Waals surface area contributed by atoms with Crippen LogP contribution in [0.15, 0.2) is 36.1 Å². The van der Waals surface area contributed by atoms with Gasteiger partial charge in [0.25, 0.3) is 0 Å². The molecule has 0 aromatic heterocycles. The molecule has 1 unspecified atom stereocenters. The molecule has 1 aromatic rings. The van der Waals surface area contributed by atoms with Crippen LogP contribution in [0.1, 0.15) is 19.4 Å². The zero-order valence-corrected chi connectivity index (χ0v) is 10.4. The molecule has 1 fully saturated rings. The Kier molecular flexibility index (Phi) is 2.95. The minimum Gasteiger partial charge on any atom is -0.376 e. The van der Waals surface area contributed by atoms with Crippen LogP contribution in [0.5, 0.6) is 0 Å². The Morgan fingerprint density at radius 1 is 1.27 bits per heavy atom. The second-order valence-corrected chi connectivity index (χ2v) is 7.11. The Bertz CT molecular complexity index is 356. The van der Waals surface area contributed by atoms with Gasteiger partial charge in [0.1, 0.15) is 0 Å². The van der Waals surface area contributed by atoms with E-state index in [-0.39, 0.29) is 7.92 Å². The van der Waals surface area contributed by atoms with Gasteiger partial charge in [-0.3, -0.25) is 0 Å². The number of methoxy groups -OCH3 is 1. The maximum absolute atomic E-state index is 5.46. The Morgan fingerprint density at radius 2 is 1.93 bits per heavy atom. The summed E-state index contributed by atoms with van der Waals surface area (Å²) >= 11 is 0. The first-order valence-corrected chi connectivity index (χ1v) is 6.69. The highest BCUT2D eigenvalue weighted by Gasteiger charge is 2.56. The lowest BCUT2D eigenvalue weighted by Crippen LogP contribution is -2.03. The molecule has 1 heterocycles. The molecule has 0 saturated carbocycles. The van der Waals surface area contributed by atoms with E-state index in [2.05, 4.69) is 50.0 Å². The second kappa shape index (κ2) is 4.08. The molecule has 80 valence electrons. The largest absolute Gasteiger partial charge is 0.376 e. The molecule has 0 aliphatic carbocycles. The highest BCUT2D eigenvalue weighted by molar-refractivity contribution is 7.71. The molecule has 1 aromatic carbocycles. The maximum Gasteiger partial charge on any atom is 0.0896 e. The fraction of sp³-hybridized carbons (Fsp3) is 0.385. The van der Waals surface area contributed by atoms with E-state index in [0.717, 1.165) is 0 Å². The SMILES string of the molecule is COC1[P@](/C=C/c2ccccc2)C1(C)C. The van der Waals surface area contributed by atoms with Crippen LogP contribution in [0.4, 0.5) is 0 Å². The van der Waals surface area contributed by atoms with Crippen molar-refractivity contribution < 1.29 is 4.74 Å². The average Bonchev–Trinajstić information content (AvgIpc) is 2.78. The van der Waals surface area contributed by atoms with Crippen LogP contribution in [0, 0.1) is 0 Å². The lowest BCUT2D eigenvalue weighted by Gasteiger charge is -1.96. The van der Waals surface area contributed by atoms with Crippen LogP contribution in [0.2, 0.25) is 0 Å². The molecule has 0 spiro atoms. The summed E-state index contributed by atoms with van der Waals surface area (Å²) in [7, 11) is 1.73. The number of hydrogen-bond acceptors (Lipinski definition) is 1. The molecule has 0 amide bonds. The Morgan fingerprint density at radius 3 is 2.47 bits per heavy atom. The number of benzene rings is 1. The molecule has 0 N–H and O–H groups in total. The van der Waals surface area contributed by atoms with E-state index in [9.17, 15) is 0 Å². The standard InChI is InChI=1S/C13H17OP/c1-13(2)12(14-3)15(13)10-9-11-7-5-4-6-8-11/h4-10,12H,1-3H3/b10-9+/t12?,15-/m0/s1. The summed E-state index contributed by atoms with van der Waals surface area (Å²) in [5.74, 6) is 2.78. The van der Waals surface area contributed by atoms with E-state index in [1.165, 1.54) is 5.56 Å². The second-order valence-electron chi connectivity index (χ2n) is 4.38. The van der Waals surface area contributed by atoms with Gasteiger partial charge < -0.3 is 4.74 Å². The van der Waals surface area contributed by atoms with Crippen LogP contribution < -0.4 is 0 Å². The number of hydrogen-bond donors (Lipinski definition) is 0. The van der Waals surface area contributed by atoms with Gasteiger partial charge in [-0.1, -0.05) is 56.1 Å². The van der Waals surface area contributed by atoms with E-state index < -0.39 is 0 Å². The van der Waals surface area contributed by atoms with Crippen molar-refractivity contribution in [2.75, 3.05) is 7.11 Å². The summed E-state index contributed by atoms with van der Waals surface area (Å²) in [4.78, 5) is 0. The van der Waals surface area contributed by atoms with Gasteiger partial charge in [0.2, 0.25) is 0 Å². The Hall–Kier alpha value is -0.650. The smallest absolute Gasteiger partial charge is 0.0896 e. The summed E-state index contributed by atoms with van der Waals surface area (Å²) in [6.45, 7) is 4.56. The molecule has 2 atom stereocenters. The minimum absolute atomic E-state index is 0.0837. The molecular weight excluding hydrogens is 203 g/mol. The van der Waals surface area contributed by atoms with Crippen molar-refractivity contribution >= 4 is 14.0 Å². The highest BCUT2D eigenvalue weighted by Crippen LogP contribution is 2.76. The first kappa shape index (κ1) is 10.9. The zero-order valence-electron chi connectivity index (χ0n) is 9.47. The van der Waals surface area contributed by atoms with E-state index in [4.69, 9.17) is 4.74 Å². The summed E-state index contributed by atoms with van der Waals surface area (Å²) in [6.07, 6.45) is 2.21. The predicted octanol–water partition coefficient (Wildman–Crippen LogP) is 3.90. The topological polar surface area (TPSA) is 9.23 Å². The van der Waals surface area contributed by atoms with Crippen molar-refractivity contribution in [3.05, 3.63) is 41.7 Å². The quantitative estimate of drug-likeness (QED) is 0.702. The zero-order chi connectivity index (χ0) is 10.9. The molecular formula is C13H17OP. The third kappa shape index (κ3) is 2.14. The highest BCUT2D eigenvalue weighted by atomic mass is 31.1. The molecule has 0 radical (unpaired) electrons. The van der Waals surface area contributed by atoms with Crippen molar-refractivity contribution in [1.29, 1.82) is 0 Å². The van der Waals surface area contributed by atoms with E-state index in [1.807, 2.05) is 13.2 Å². The number of rotatable bonds is 3. The molecule has 0 bridgehead atoms. The summed E-state index contributed by atoms with van der Waals surface area (Å²) in [6, 6.07) is 10.4. The molecule has 1 saturated heterocycles. The Labute approximate surface area is 92.9 Å². The molecule has 1 aliphatic rings. The van der Waals surface area contributed by atoms with Gasteiger partial charge >= 0.3 is 0 Å². The van der Waals surface area contributed by atoms with Crippen molar-refractivity contribution in [1.82, 2.24) is 0 Å². The molecule has 1 aliphatic heterocycles. The maximum atomic E-state index is 5.46. The van der Waals surface area contributed by atoms with E-state index in [1.54, 1.807) is 0 Å². The molecule has 15 heavy (non-hydrogen) atoms. The lowest BCUT2D eigenvalue weighted by molar-refractivity contribution is 0.179. The van der Waals surface area contributed by atoms with Crippen LogP contribution in [-0.2, 0) is 4.74 Å². The van der Waals surface area contributed by atoms with Gasteiger partial charge in [0.15, 0.2) is 0 Å². The van der Waals surface area contributed by atoms with Crippen LogP contribution in [0.25, 0.3) is 6.08 Å². The summed E-state index contributed by atoms with van der Waals surface area (Å²) in [5.41, 5.74) is 1.28. The van der Waals surface area contributed by atoms with Gasteiger partial charge in [0.05, 0.1) is 5.85 Å². The first-order valence-electron chi connectivity index (χ1n) is 5.21. The number of ether oxygens (including phenoxy) is 1. The van der Waals surface area contributed by atoms with Crippen molar-refractivity contribution in [2.45, 2.75) is 24.8 Å². The summed E-state index contributed by atoms with van der Waals surface area (Å²) in [5, 5.41) is 0.370. The summed E-state index contributed by atoms with van der Waals surface area (Å²) < 4.78 is 5.46. The fourth-order valence-corrected chi connectivity index (χ4v) is 4.24. The van der Waals surface area contributed by atoms with Crippen molar-refractivity contribution in [3.63, 3.8) is 0 Å². The van der Waals surface area contributed by atoms with Crippen LogP contribution >= 0.6 is 7.92 Å². The van der Waals surface area contributed by atoms with E-state index in [0.29, 0.717) is 11.0 Å². The van der Waals surface area contributed by atoms with Gasteiger partial charge in [-0.2, -0.15) is 0 Å². The first-order chi connectivity index (χ1) is 7.16. The van der Waals surface area contributed by atoms with E-state index >= 15 is 0 Å². The molecule has 1 nitrogen and oxygen atoms in total. The minimum atomic E-state index is -0.0837. The van der Waals surface area contributed by atoms with Gasteiger partial charge in [-0.15, -0.1) is 0 Å². The molecule has 2 rings (SSSR count). The third-order valence-electron chi connectivity index (χ3n) is 2.91. The van der Waals surface area contributed by atoms with Crippen molar-refractivity contribution in [3.8, 4) is 0 Å². The van der Waals surface area contributed by atoms with Gasteiger partial charge in [0, 0.05) is 12.3 Å². The van der Waals surface area contributed by atoms with Crippen LogP contribution in [0.3, 0.4) is 0 Å². The predicted molar refractivity (Wildman–Crippen MR) is 67.3 cm³/mol. The Balaban J connectivity index is 2.03. The fourth-order valence-electron chi connectivity index (χ4n) is 1.88. The van der Waals surface area contributed by atoms with Gasteiger partial charge in [-0.05, 0) is 13.5 Å². The monoisotopic (exact) mass is 220 g/mol.